The van der Waals surface area contributed by atoms with Crippen molar-refractivity contribution in [1.29, 1.82) is 0 Å². The molecule has 1 N–H and O–H groups in total. The molecule has 1 aromatic rings. The molecule has 0 saturated heterocycles. The molecule has 4 heteroatoms. The Balaban J connectivity index is 0.000000325. The standard InChI is InChI=1S/C16H13FNO.C5H5.Fe/c17-14-7-5-11(6-8-14)13-9-15(18-16(19)10-13)12-3-1-2-4-12;1-2-4-5-3-1;/h1-9,13H,10H2,(H,18,19);1-5H;/q;;+2. The predicted molar refractivity (Wildman–Crippen MR) is 91.9 cm³/mol. The Kier molecular flexibility index (Phi) is 8.18. The van der Waals surface area contributed by atoms with Crippen LogP contribution in [0.4, 0.5) is 4.39 Å². The van der Waals surface area contributed by atoms with Gasteiger partial charge in [-0.1, -0.05) is 18.2 Å². The zero-order chi connectivity index (χ0) is 16.8. The third kappa shape index (κ3) is 5.97. The molecule has 1 heterocycles. The number of carbonyl (C=O) groups excluding carboxylic acids is 1. The summed E-state index contributed by atoms with van der Waals surface area (Å²) in [5.74, 6) is 0.733. The van der Waals surface area contributed by atoms with Crippen molar-refractivity contribution < 1.29 is 26.3 Å². The van der Waals surface area contributed by atoms with Crippen LogP contribution >= 0.6 is 0 Å². The fraction of sp³-hybridized carbons (Fsp3) is 0.0952. The van der Waals surface area contributed by atoms with Gasteiger partial charge in [-0.2, -0.15) is 0 Å². The van der Waals surface area contributed by atoms with Gasteiger partial charge in [-0.05, 0) is 75.5 Å². The number of benzene rings is 1. The van der Waals surface area contributed by atoms with E-state index in [0.29, 0.717) is 6.42 Å². The molecule has 1 aliphatic heterocycles. The molecule has 2 fully saturated rings. The van der Waals surface area contributed by atoms with Gasteiger partial charge in [0, 0.05) is 24.0 Å². The first-order chi connectivity index (χ1) is 11.7. The third-order valence-electron chi connectivity index (χ3n) is 3.87. The van der Waals surface area contributed by atoms with Gasteiger partial charge in [0.2, 0.25) is 5.91 Å². The maximum Gasteiger partial charge on any atom is 2.00 e. The number of hydrogen-bond acceptors (Lipinski definition) is 1. The summed E-state index contributed by atoms with van der Waals surface area (Å²) in [5.41, 5.74) is 1.79. The molecule has 1 amide bonds. The fourth-order valence-electron chi connectivity index (χ4n) is 2.67. The average molecular weight is 375 g/mol. The Morgan fingerprint density at radius 3 is 2.00 bits per heavy atom. The van der Waals surface area contributed by atoms with Crippen LogP contribution in [0.2, 0.25) is 0 Å². The van der Waals surface area contributed by atoms with Crippen LogP contribution in [0.3, 0.4) is 0 Å². The molecule has 1 atom stereocenters. The van der Waals surface area contributed by atoms with Crippen LogP contribution in [0.5, 0.6) is 0 Å². The molecule has 1 unspecified atom stereocenters. The second-order valence-corrected chi connectivity index (χ2v) is 5.63. The molecule has 1 aromatic carbocycles. The first-order valence-electron chi connectivity index (χ1n) is 7.88. The largest absolute Gasteiger partial charge is 2.00 e. The monoisotopic (exact) mass is 375 g/mol. The van der Waals surface area contributed by atoms with Crippen LogP contribution in [-0.4, -0.2) is 5.91 Å². The van der Waals surface area contributed by atoms with Crippen molar-refractivity contribution in [3.05, 3.63) is 111 Å². The van der Waals surface area contributed by atoms with E-state index in [1.807, 2.05) is 63.9 Å². The molecule has 25 heavy (non-hydrogen) atoms. The van der Waals surface area contributed by atoms with Crippen LogP contribution in [0.15, 0.2) is 36.0 Å². The van der Waals surface area contributed by atoms with Crippen LogP contribution in [0, 0.1) is 69.5 Å². The van der Waals surface area contributed by atoms with E-state index in [0.717, 1.165) is 17.2 Å². The van der Waals surface area contributed by atoms with E-state index >= 15 is 0 Å². The first kappa shape index (κ1) is 20.2. The summed E-state index contributed by atoms with van der Waals surface area (Å²) >= 11 is 0. The minimum Gasteiger partial charge on any atom is -0.329 e. The van der Waals surface area contributed by atoms with Crippen molar-refractivity contribution in [1.82, 2.24) is 5.32 Å². The molecule has 3 aliphatic rings. The van der Waals surface area contributed by atoms with Gasteiger partial charge in [0.15, 0.2) is 0 Å². The topological polar surface area (TPSA) is 29.1 Å². The predicted octanol–water partition coefficient (Wildman–Crippen LogP) is 3.74. The second kappa shape index (κ2) is 10.1. The van der Waals surface area contributed by atoms with Crippen molar-refractivity contribution in [2.24, 2.45) is 0 Å². The number of amides is 1. The fourth-order valence-corrected chi connectivity index (χ4v) is 2.67. The van der Waals surface area contributed by atoms with Gasteiger partial charge in [0.25, 0.3) is 0 Å². The summed E-state index contributed by atoms with van der Waals surface area (Å²) in [5, 5.41) is 2.88. The zero-order valence-electron chi connectivity index (χ0n) is 13.5. The number of nitrogens with one attached hydrogen (secondary N) is 1. The molecule has 0 bridgehead atoms. The average Bonchev–Trinajstić information content (AvgIpc) is 3.31. The van der Waals surface area contributed by atoms with E-state index in [9.17, 15) is 9.18 Å². The quantitative estimate of drug-likeness (QED) is 0.785. The Bertz CT molecular complexity index is 566. The normalized spacial score (nSPS) is 23.2. The van der Waals surface area contributed by atoms with E-state index in [1.54, 1.807) is 12.1 Å². The Morgan fingerprint density at radius 2 is 1.44 bits per heavy atom. The van der Waals surface area contributed by atoms with E-state index in [4.69, 9.17) is 0 Å². The minimum absolute atomic E-state index is 0. The van der Waals surface area contributed by atoms with Gasteiger partial charge in [-0.3, -0.25) is 4.79 Å². The van der Waals surface area contributed by atoms with Crippen LogP contribution < -0.4 is 5.32 Å². The van der Waals surface area contributed by atoms with Gasteiger partial charge in [0.1, 0.15) is 5.82 Å². The maximum atomic E-state index is 12.9. The van der Waals surface area contributed by atoms with Gasteiger partial charge in [-0.15, -0.1) is 0 Å². The summed E-state index contributed by atoms with van der Waals surface area (Å²) < 4.78 is 12.9. The molecular formula is C21H18FFeNO+2. The molecular weight excluding hydrogens is 357 g/mol. The Hall–Kier alpha value is -1.12. The van der Waals surface area contributed by atoms with Gasteiger partial charge in [-0.25, -0.2) is 4.39 Å². The van der Waals surface area contributed by atoms with Crippen molar-refractivity contribution in [2.45, 2.75) is 12.3 Å². The summed E-state index contributed by atoms with van der Waals surface area (Å²) in [6.07, 6.45) is 20.2. The summed E-state index contributed by atoms with van der Waals surface area (Å²) in [6.45, 7) is 0. The van der Waals surface area contributed by atoms with Crippen LogP contribution in [-0.2, 0) is 21.9 Å². The van der Waals surface area contributed by atoms with E-state index in [2.05, 4.69) is 5.32 Å². The molecule has 2 nitrogen and oxygen atoms in total. The number of hydrogen-bond donors (Lipinski definition) is 1. The molecule has 0 aromatic heterocycles. The van der Waals surface area contributed by atoms with E-state index < -0.39 is 0 Å². The Morgan fingerprint density at radius 1 is 0.880 bits per heavy atom. The SMILES string of the molecule is O=C1CC(c2ccc(F)cc2)C=C([C]2[CH][CH][CH][CH]2)N1.[CH]1[CH][CH][CH][CH]1.[Fe+2]. The summed E-state index contributed by atoms with van der Waals surface area (Å²) in [7, 11) is 0. The van der Waals surface area contributed by atoms with Crippen LogP contribution in [0.25, 0.3) is 0 Å². The zero-order valence-corrected chi connectivity index (χ0v) is 14.6. The number of allylic oxidation sites excluding steroid dienone is 2. The van der Waals surface area contributed by atoms with Gasteiger partial charge < -0.3 is 5.32 Å². The molecule has 2 saturated carbocycles. The summed E-state index contributed by atoms with van der Waals surface area (Å²) in [6, 6.07) is 6.32. The second-order valence-electron chi connectivity index (χ2n) is 5.63. The van der Waals surface area contributed by atoms with Gasteiger partial charge in [0.05, 0.1) is 0 Å². The van der Waals surface area contributed by atoms with E-state index in [1.165, 1.54) is 12.1 Å². The number of carbonyl (C=O) groups is 1. The van der Waals surface area contributed by atoms with Crippen molar-refractivity contribution in [2.75, 3.05) is 0 Å². The third-order valence-corrected chi connectivity index (χ3v) is 3.87. The molecule has 4 rings (SSSR count). The van der Waals surface area contributed by atoms with Crippen molar-refractivity contribution in [3.63, 3.8) is 0 Å². The summed E-state index contributed by atoms with van der Waals surface area (Å²) in [4.78, 5) is 11.8. The van der Waals surface area contributed by atoms with E-state index in [-0.39, 0.29) is 34.7 Å². The Labute approximate surface area is 161 Å². The maximum absolute atomic E-state index is 12.9. The van der Waals surface area contributed by atoms with Crippen LogP contribution in [0.1, 0.15) is 17.9 Å². The molecule has 126 valence electrons. The number of rotatable bonds is 2. The van der Waals surface area contributed by atoms with Crippen molar-refractivity contribution >= 4 is 5.91 Å². The minimum atomic E-state index is -0.260. The number of halogens is 1. The van der Waals surface area contributed by atoms with Gasteiger partial charge >= 0.3 is 17.1 Å². The molecule has 10 radical (unpaired) electrons. The molecule has 0 spiro atoms. The molecule has 2 aliphatic carbocycles. The first-order valence-corrected chi connectivity index (χ1v) is 7.88. The smallest absolute Gasteiger partial charge is 0.329 e. The van der Waals surface area contributed by atoms with Crippen molar-refractivity contribution in [3.8, 4) is 0 Å².